The molecule has 1 atom stereocenters. The minimum atomic E-state index is -0.420. The van der Waals surface area contributed by atoms with Crippen molar-refractivity contribution in [3.63, 3.8) is 0 Å². The van der Waals surface area contributed by atoms with Crippen LogP contribution >= 0.6 is 0 Å². The summed E-state index contributed by atoms with van der Waals surface area (Å²) in [5.74, 6) is -0.00109. The summed E-state index contributed by atoms with van der Waals surface area (Å²) in [6.07, 6.45) is 5.54. The predicted molar refractivity (Wildman–Crippen MR) is 102 cm³/mol. The van der Waals surface area contributed by atoms with Crippen LogP contribution in [0, 0.1) is 0 Å². The van der Waals surface area contributed by atoms with E-state index in [1.807, 2.05) is 30.3 Å². The number of oxazole rings is 1. The van der Waals surface area contributed by atoms with Crippen molar-refractivity contribution < 1.29 is 9.21 Å². The van der Waals surface area contributed by atoms with E-state index in [1.54, 1.807) is 33.9 Å². The van der Waals surface area contributed by atoms with Crippen molar-refractivity contribution in [2.24, 2.45) is 0 Å². The van der Waals surface area contributed by atoms with Gasteiger partial charge in [-0.3, -0.25) is 14.3 Å². The van der Waals surface area contributed by atoms with Gasteiger partial charge in [0.15, 0.2) is 5.58 Å². The Morgan fingerprint density at radius 2 is 2.04 bits per heavy atom. The Morgan fingerprint density at radius 3 is 2.89 bits per heavy atom. The molecule has 0 fully saturated rings. The van der Waals surface area contributed by atoms with Gasteiger partial charge in [-0.2, -0.15) is 5.10 Å². The lowest BCUT2D eigenvalue weighted by Crippen LogP contribution is -2.28. The number of nitrogens with one attached hydrogen (secondary N) is 1. The van der Waals surface area contributed by atoms with Crippen molar-refractivity contribution in [3.8, 4) is 0 Å². The van der Waals surface area contributed by atoms with Crippen molar-refractivity contribution >= 4 is 22.8 Å². The zero-order valence-electron chi connectivity index (χ0n) is 14.9. The average molecular weight is 375 g/mol. The fourth-order valence-electron chi connectivity index (χ4n) is 3.71. The van der Waals surface area contributed by atoms with Crippen molar-refractivity contribution in [3.05, 3.63) is 76.7 Å². The van der Waals surface area contributed by atoms with Gasteiger partial charge < -0.3 is 9.73 Å². The highest BCUT2D eigenvalue weighted by molar-refractivity contribution is 5.93. The standard InChI is InChI=1S/C20H17N5O3/c26-18-8-14(12-24-16-5-1-2-6-17(16)28-20(24)27)15-10-22-25(19(15)23-18)11-13-4-3-7-21-9-13/h1-7,9-10,14H,8,11-12H2,(H,23,26)/t14-/m1/s1. The van der Waals surface area contributed by atoms with Gasteiger partial charge in [-0.1, -0.05) is 18.2 Å². The summed E-state index contributed by atoms with van der Waals surface area (Å²) in [4.78, 5) is 28.8. The van der Waals surface area contributed by atoms with Gasteiger partial charge in [-0.25, -0.2) is 9.48 Å². The first-order chi connectivity index (χ1) is 13.7. The molecule has 0 aliphatic carbocycles. The van der Waals surface area contributed by atoms with Gasteiger partial charge >= 0.3 is 5.76 Å². The van der Waals surface area contributed by atoms with E-state index >= 15 is 0 Å². The molecule has 0 radical (unpaired) electrons. The third-order valence-electron chi connectivity index (χ3n) is 5.03. The zero-order valence-corrected chi connectivity index (χ0v) is 14.9. The number of carbonyl (C=O) groups excluding carboxylic acids is 1. The number of nitrogens with zero attached hydrogens (tertiary/aromatic N) is 4. The van der Waals surface area contributed by atoms with E-state index in [0.29, 0.717) is 24.5 Å². The Morgan fingerprint density at radius 1 is 1.14 bits per heavy atom. The summed E-state index contributed by atoms with van der Waals surface area (Å²) in [5.41, 5.74) is 3.17. The van der Waals surface area contributed by atoms with Gasteiger partial charge in [0.25, 0.3) is 0 Å². The molecule has 8 heteroatoms. The fourth-order valence-corrected chi connectivity index (χ4v) is 3.71. The molecule has 8 nitrogen and oxygen atoms in total. The second-order valence-electron chi connectivity index (χ2n) is 6.86. The van der Waals surface area contributed by atoms with E-state index in [-0.39, 0.29) is 18.2 Å². The topological polar surface area (TPSA) is 95.0 Å². The van der Waals surface area contributed by atoms with Gasteiger partial charge in [0, 0.05) is 36.8 Å². The first kappa shape index (κ1) is 16.5. The lowest BCUT2D eigenvalue weighted by Gasteiger charge is -2.23. The van der Waals surface area contributed by atoms with E-state index in [4.69, 9.17) is 4.42 Å². The van der Waals surface area contributed by atoms with Crippen LogP contribution < -0.4 is 11.1 Å². The Kier molecular flexibility index (Phi) is 3.82. The normalized spacial score (nSPS) is 16.1. The maximum atomic E-state index is 12.3. The molecule has 1 aliphatic rings. The molecule has 1 aromatic carbocycles. The number of hydrogen-bond acceptors (Lipinski definition) is 5. The molecular formula is C20H17N5O3. The molecule has 0 saturated carbocycles. The predicted octanol–water partition coefficient (Wildman–Crippen LogP) is 2.36. The van der Waals surface area contributed by atoms with Gasteiger partial charge in [0.05, 0.1) is 18.3 Å². The second-order valence-corrected chi connectivity index (χ2v) is 6.86. The molecule has 4 aromatic rings. The number of amides is 1. The quantitative estimate of drug-likeness (QED) is 0.591. The van der Waals surface area contributed by atoms with Crippen molar-refractivity contribution in [2.45, 2.75) is 25.4 Å². The number of benzene rings is 1. The third kappa shape index (κ3) is 2.79. The average Bonchev–Trinajstić information content (AvgIpc) is 3.24. The van der Waals surface area contributed by atoms with Crippen LogP contribution in [0.5, 0.6) is 0 Å². The van der Waals surface area contributed by atoms with Gasteiger partial charge in [0.2, 0.25) is 5.91 Å². The number of para-hydroxylation sites is 2. The van der Waals surface area contributed by atoms with E-state index in [9.17, 15) is 9.59 Å². The first-order valence-corrected chi connectivity index (χ1v) is 9.02. The smallest absolute Gasteiger partial charge is 0.408 e. The molecule has 28 heavy (non-hydrogen) atoms. The van der Waals surface area contributed by atoms with Crippen LogP contribution in [0.25, 0.3) is 11.1 Å². The van der Waals surface area contributed by atoms with Crippen LogP contribution in [0.1, 0.15) is 23.5 Å². The number of aromatic nitrogens is 4. The summed E-state index contributed by atoms with van der Waals surface area (Å²) >= 11 is 0. The maximum absolute atomic E-state index is 12.3. The second kappa shape index (κ2) is 6.49. The summed E-state index contributed by atoms with van der Waals surface area (Å²) in [5, 5.41) is 7.38. The SMILES string of the molecule is O=C1C[C@H](Cn2c(=O)oc3ccccc32)c2cnn(Cc3cccnc3)c2N1. The number of pyridine rings is 1. The molecule has 3 aromatic heterocycles. The van der Waals surface area contributed by atoms with Crippen molar-refractivity contribution in [1.82, 2.24) is 19.3 Å². The number of rotatable bonds is 4. The molecule has 0 bridgehead atoms. The lowest BCUT2D eigenvalue weighted by molar-refractivity contribution is -0.117. The summed E-state index contributed by atoms with van der Waals surface area (Å²) < 4.78 is 8.66. The first-order valence-electron chi connectivity index (χ1n) is 9.02. The summed E-state index contributed by atoms with van der Waals surface area (Å²) in [6.45, 7) is 0.861. The number of hydrogen-bond donors (Lipinski definition) is 1. The molecule has 5 rings (SSSR count). The molecule has 4 heterocycles. The van der Waals surface area contributed by atoms with Crippen LogP contribution in [0.15, 0.2) is 64.2 Å². The highest BCUT2D eigenvalue weighted by atomic mass is 16.4. The Balaban J connectivity index is 1.50. The van der Waals surface area contributed by atoms with Gasteiger partial charge in [-0.15, -0.1) is 0 Å². The monoisotopic (exact) mass is 375 g/mol. The molecule has 1 amide bonds. The fraction of sp³-hybridized carbons (Fsp3) is 0.200. The number of fused-ring (bicyclic) bond motifs is 2. The Hall–Kier alpha value is -3.68. The molecule has 1 aliphatic heterocycles. The summed E-state index contributed by atoms with van der Waals surface area (Å²) in [6, 6.07) is 11.1. The minimum Gasteiger partial charge on any atom is -0.408 e. The van der Waals surface area contributed by atoms with E-state index < -0.39 is 5.76 Å². The van der Waals surface area contributed by atoms with E-state index in [0.717, 1.165) is 16.6 Å². The van der Waals surface area contributed by atoms with E-state index in [2.05, 4.69) is 15.4 Å². The lowest BCUT2D eigenvalue weighted by atomic mass is 9.94. The molecule has 140 valence electrons. The van der Waals surface area contributed by atoms with Crippen LogP contribution in [0.4, 0.5) is 5.82 Å². The zero-order chi connectivity index (χ0) is 19.1. The highest BCUT2D eigenvalue weighted by Crippen LogP contribution is 2.34. The number of carbonyl (C=O) groups is 1. The van der Waals surface area contributed by atoms with Gasteiger partial charge in [-0.05, 0) is 23.8 Å². The maximum Gasteiger partial charge on any atom is 0.419 e. The van der Waals surface area contributed by atoms with Crippen LogP contribution in [-0.4, -0.2) is 25.2 Å². The largest absolute Gasteiger partial charge is 0.419 e. The molecule has 1 N–H and O–H groups in total. The van der Waals surface area contributed by atoms with Crippen LogP contribution in [0.2, 0.25) is 0 Å². The minimum absolute atomic E-state index is 0.0914. The molecular weight excluding hydrogens is 358 g/mol. The summed E-state index contributed by atoms with van der Waals surface area (Å²) in [7, 11) is 0. The third-order valence-corrected chi connectivity index (χ3v) is 5.03. The van der Waals surface area contributed by atoms with Crippen molar-refractivity contribution in [1.29, 1.82) is 0 Å². The van der Waals surface area contributed by atoms with Crippen LogP contribution in [-0.2, 0) is 17.9 Å². The Labute approximate surface area is 159 Å². The molecule has 0 spiro atoms. The molecule has 0 unspecified atom stereocenters. The van der Waals surface area contributed by atoms with Crippen LogP contribution in [0.3, 0.4) is 0 Å². The highest BCUT2D eigenvalue weighted by Gasteiger charge is 2.30. The van der Waals surface area contributed by atoms with Gasteiger partial charge in [0.1, 0.15) is 5.82 Å². The van der Waals surface area contributed by atoms with E-state index in [1.165, 1.54) is 0 Å². The number of anilines is 1. The Bertz CT molecular complexity index is 1220. The van der Waals surface area contributed by atoms with Crippen molar-refractivity contribution in [2.75, 3.05) is 5.32 Å². The molecule has 0 saturated heterocycles.